The summed E-state index contributed by atoms with van der Waals surface area (Å²) in [5, 5.41) is 50.3. The van der Waals surface area contributed by atoms with Gasteiger partial charge in [-0.15, -0.1) is 0 Å². The van der Waals surface area contributed by atoms with Crippen molar-refractivity contribution in [3.05, 3.63) is 29.8 Å². The number of carbonyl (C=O) groups excluding carboxylic acids is 9. The van der Waals surface area contributed by atoms with Gasteiger partial charge < -0.3 is 75.3 Å². The summed E-state index contributed by atoms with van der Waals surface area (Å²) in [6.07, 6.45) is -6.09. The van der Waals surface area contributed by atoms with Crippen LogP contribution < -0.4 is 54.8 Å². The van der Waals surface area contributed by atoms with Crippen molar-refractivity contribution in [2.24, 2.45) is 22.9 Å². The van der Waals surface area contributed by atoms with Gasteiger partial charge in [-0.1, -0.05) is 12.1 Å². The highest BCUT2D eigenvalue weighted by Crippen LogP contribution is 2.12. The first-order valence-electron chi connectivity index (χ1n) is 17.3. The Labute approximate surface area is 333 Å². The smallest absolute Gasteiger partial charge is 0.326 e. The molecule has 26 nitrogen and oxygen atoms in total. The summed E-state index contributed by atoms with van der Waals surface area (Å²) in [5.74, 6) is -15.5. The minimum absolute atomic E-state index is 0.131. The molecule has 6 atom stereocenters. The normalized spacial score (nSPS) is 13.6. The van der Waals surface area contributed by atoms with Gasteiger partial charge >= 0.3 is 17.9 Å². The minimum Gasteiger partial charge on any atom is -0.508 e. The van der Waals surface area contributed by atoms with Crippen LogP contribution in [0.25, 0.3) is 0 Å². The first-order valence-corrected chi connectivity index (χ1v) is 17.3. The molecule has 1 aromatic rings. The molecule has 9 amide bonds. The molecular weight excluding hydrogens is 792 g/mol. The lowest BCUT2D eigenvalue weighted by atomic mass is 10.0. The zero-order valence-corrected chi connectivity index (χ0v) is 31.1. The number of nitrogens with one attached hydrogen (secondary N) is 6. The maximum absolute atomic E-state index is 13.5. The molecule has 0 aromatic heterocycles. The number of phenolic OH excluding ortho intramolecular Hbond substituents is 1. The van der Waals surface area contributed by atoms with Crippen molar-refractivity contribution >= 4 is 71.1 Å². The number of hydrogen-bond donors (Lipinski definition) is 14. The molecule has 59 heavy (non-hydrogen) atoms. The quantitative estimate of drug-likeness (QED) is 0.0391. The van der Waals surface area contributed by atoms with Crippen molar-refractivity contribution < 1.29 is 78.0 Å². The van der Waals surface area contributed by atoms with Crippen LogP contribution in [-0.2, 0) is 64.0 Å². The number of aliphatic carboxylic acids is 3. The molecule has 0 radical (unpaired) electrons. The molecule has 0 aliphatic carbocycles. The molecule has 0 aliphatic heterocycles. The van der Waals surface area contributed by atoms with Crippen molar-refractivity contribution in [2.45, 2.75) is 87.6 Å². The van der Waals surface area contributed by atoms with Gasteiger partial charge in [0.25, 0.3) is 0 Å². The van der Waals surface area contributed by atoms with Gasteiger partial charge in [-0.2, -0.15) is 0 Å². The van der Waals surface area contributed by atoms with Crippen LogP contribution in [-0.4, -0.2) is 134 Å². The van der Waals surface area contributed by atoms with Gasteiger partial charge in [-0.3, -0.25) is 52.7 Å². The average molecular weight is 839 g/mol. The molecule has 0 aliphatic rings. The second-order valence-corrected chi connectivity index (χ2v) is 12.7. The van der Waals surface area contributed by atoms with Gasteiger partial charge in [0.2, 0.25) is 53.2 Å². The largest absolute Gasteiger partial charge is 0.508 e. The van der Waals surface area contributed by atoms with E-state index in [1.165, 1.54) is 24.3 Å². The van der Waals surface area contributed by atoms with Crippen molar-refractivity contribution in [3.8, 4) is 5.75 Å². The van der Waals surface area contributed by atoms with E-state index in [-0.39, 0.29) is 12.2 Å². The van der Waals surface area contributed by atoms with E-state index in [0.717, 1.165) is 0 Å². The van der Waals surface area contributed by atoms with Gasteiger partial charge in [-0.05, 0) is 30.5 Å². The lowest BCUT2D eigenvalue weighted by Gasteiger charge is -2.27. The van der Waals surface area contributed by atoms with Crippen LogP contribution in [0.1, 0.15) is 50.5 Å². The Kier molecular flexibility index (Phi) is 20.4. The molecule has 0 bridgehead atoms. The Morgan fingerprint density at radius 1 is 0.492 bits per heavy atom. The lowest BCUT2D eigenvalue weighted by molar-refractivity contribution is -0.142. The van der Waals surface area contributed by atoms with E-state index in [4.69, 9.17) is 22.9 Å². The number of carboxylic acids is 3. The fraction of sp³-hybridized carbons (Fsp3) is 0.455. The fourth-order valence-corrected chi connectivity index (χ4v) is 4.99. The summed E-state index contributed by atoms with van der Waals surface area (Å²) in [6.45, 7) is -0.633. The highest BCUT2D eigenvalue weighted by molar-refractivity contribution is 5.99. The molecule has 324 valence electrons. The fourth-order valence-electron chi connectivity index (χ4n) is 4.99. The number of primary amides is 3. The number of carboxylic acid groups (broad SMARTS) is 3. The van der Waals surface area contributed by atoms with Gasteiger partial charge in [0.15, 0.2) is 0 Å². The van der Waals surface area contributed by atoms with Crippen LogP contribution in [0.4, 0.5) is 0 Å². The molecule has 0 unspecified atom stereocenters. The van der Waals surface area contributed by atoms with E-state index < -0.39 is 159 Å². The Bertz CT molecular complexity index is 1770. The summed E-state index contributed by atoms with van der Waals surface area (Å²) in [5.41, 5.74) is 21.1. The molecule has 0 fully saturated rings. The predicted octanol–water partition coefficient (Wildman–Crippen LogP) is -6.76. The number of nitrogens with two attached hydrogens (primary N) is 4. The highest BCUT2D eigenvalue weighted by Gasteiger charge is 2.35. The molecule has 0 saturated heterocycles. The topological polar surface area (TPSA) is 462 Å². The van der Waals surface area contributed by atoms with E-state index >= 15 is 0 Å². The molecule has 18 N–H and O–H groups in total. The van der Waals surface area contributed by atoms with Gasteiger partial charge in [0, 0.05) is 19.3 Å². The standard InChI is InChI=1S/C33H46N10O16/c34-13-25(48)38-18(10-22(35)45)30(55)42-19(11-23(36)46)31(56)40-16(5-7-26(49)50)28(53)39-17(6-8-27(51)52)29(54)41-20(12-24(37)47)32(57)43-21(33(58)59)9-14-1-3-15(44)4-2-14/h1-4,16-21,44H,5-13,34H2,(H2,35,45)(H2,36,46)(H2,37,47)(H,38,48)(H,39,53)(H,40,56)(H,41,54)(H,42,55)(H,43,57)(H,49,50)(H,51,52)(H,58,59)/t16-,17-,18-,19-,20-,21-/m0/s1. The van der Waals surface area contributed by atoms with Crippen LogP contribution in [0.15, 0.2) is 24.3 Å². The summed E-state index contributed by atoms with van der Waals surface area (Å²) in [6, 6.07) is -5.78. The number of amides is 9. The first kappa shape index (κ1) is 49.6. The monoisotopic (exact) mass is 838 g/mol. The van der Waals surface area contributed by atoms with Crippen LogP contribution >= 0.6 is 0 Å². The number of aromatic hydroxyl groups is 1. The maximum atomic E-state index is 13.5. The van der Waals surface area contributed by atoms with E-state index in [9.17, 15) is 78.0 Å². The molecule has 0 spiro atoms. The number of benzene rings is 1. The molecule has 26 heteroatoms. The Balaban J connectivity index is 3.40. The van der Waals surface area contributed by atoms with E-state index in [1.54, 1.807) is 0 Å². The van der Waals surface area contributed by atoms with Crippen LogP contribution in [0, 0.1) is 0 Å². The number of hydrogen-bond acceptors (Lipinski definition) is 14. The molecule has 0 saturated carbocycles. The highest BCUT2D eigenvalue weighted by atomic mass is 16.4. The summed E-state index contributed by atoms with van der Waals surface area (Å²) >= 11 is 0. The molecular formula is C33H46N10O16. The van der Waals surface area contributed by atoms with Gasteiger partial charge in [-0.25, -0.2) is 4.79 Å². The van der Waals surface area contributed by atoms with Crippen LogP contribution in [0.3, 0.4) is 0 Å². The number of carbonyl (C=O) groups is 12. The number of phenols is 1. The van der Waals surface area contributed by atoms with Crippen LogP contribution in [0.2, 0.25) is 0 Å². The third-order valence-electron chi connectivity index (χ3n) is 7.87. The zero-order chi connectivity index (χ0) is 45.0. The van der Waals surface area contributed by atoms with Gasteiger partial charge in [0.1, 0.15) is 42.0 Å². The SMILES string of the molecule is NCC(=O)N[C@@H](CC(N)=O)C(=O)N[C@@H](CC(N)=O)C(=O)N[C@@H](CCC(=O)O)C(=O)N[C@@H](CCC(=O)O)C(=O)N[C@@H](CC(N)=O)C(=O)N[C@@H](Cc1ccc(O)cc1)C(=O)O. The average Bonchev–Trinajstić information content (AvgIpc) is 3.13. The molecule has 0 heterocycles. The number of rotatable bonds is 27. The summed E-state index contributed by atoms with van der Waals surface area (Å²) in [4.78, 5) is 148. The third-order valence-corrected chi connectivity index (χ3v) is 7.87. The summed E-state index contributed by atoms with van der Waals surface area (Å²) < 4.78 is 0. The van der Waals surface area contributed by atoms with Crippen LogP contribution in [0.5, 0.6) is 5.75 Å². The molecule has 1 rings (SSSR count). The first-order chi connectivity index (χ1) is 27.5. The van der Waals surface area contributed by atoms with Crippen molar-refractivity contribution in [1.82, 2.24) is 31.9 Å². The third kappa shape index (κ3) is 19.4. The maximum Gasteiger partial charge on any atom is 0.326 e. The van der Waals surface area contributed by atoms with Gasteiger partial charge in [0.05, 0.1) is 25.8 Å². The van der Waals surface area contributed by atoms with Crippen molar-refractivity contribution in [3.63, 3.8) is 0 Å². The lowest BCUT2D eigenvalue weighted by Crippen LogP contribution is -2.60. The van der Waals surface area contributed by atoms with E-state index in [0.29, 0.717) is 5.56 Å². The molecule has 1 aromatic carbocycles. The Morgan fingerprint density at radius 3 is 1.14 bits per heavy atom. The second-order valence-electron chi connectivity index (χ2n) is 12.7. The zero-order valence-electron chi connectivity index (χ0n) is 31.1. The van der Waals surface area contributed by atoms with E-state index in [2.05, 4.69) is 31.9 Å². The van der Waals surface area contributed by atoms with Crippen molar-refractivity contribution in [2.75, 3.05) is 6.54 Å². The Morgan fingerprint density at radius 2 is 0.814 bits per heavy atom. The Hall–Kier alpha value is -7.38. The minimum atomic E-state index is -1.94. The van der Waals surface area contributed by atoms with E-state index in [1.807, 2.05) is 0 Å². The second kappa shape index (κ2) is 24.3. The summed E-state index contributed by atoms with van der Waals surface area (Å²) in [7, 11) is 0. The predicted molar refractivity (Wildman–Crippen MR) is 195 cm³/mol. The van der Waals surface area contributed by atoms with Crippen molar-refractivity contribution in [1.29, 1.82) is 0 Å².